The summed E-state index contributed by atoms with van der Waals surface area (Å²) in [6.45, 7) is 0. The van der Waals surface area contributed by atoms with Crippen LogP contribution in [0.5, 0.6) is 11.5 Å². The number of benzene rings is 2. The van der Waals surface area contributed by atoms with Crippen molar-refractivity contribution in [2.75, 3.05) is 19.1 Å². The number of thiol groups is 1. The number of hydrogen-bond acceptors (Lipinski definition) is 6. The summed E-state index contributed by atoms with van der Waals surface area (Å²) in [5.41, 5.74) is 1.28. The molecule has 27 heavy (non-hydrogen) atoms. The summed E-state index contributed by atoms with van der Waals surface area (Å²) in [5, 5.41) is 13.0. The van der Waals surface area contributed by atoms with Crippen molar-refractivity contribution in [2.45, 2.75) is 6.17 Å². The summed E-state index contributed by atoms with van der Waals surface area (Å²) in [5.74, 6) is 0.649. The Kier molecular flexibility index (Phi) is 5.49. The molecule has 0 aromatic heterocycles. The van der Waals surface area contributed by atoms with Crippen LogP contribution in [0.15, 0.2) is 53.1 Å². The fourth-order valence-electron chi connectivity index (χ4n) is 2.85. The van der Waals surface area contributed by atoms with Crippen molar-refractivity contribution in [2.24, 2.45) is 0 Å². The lowest BCUT2D eigenvalue weighted by molar-refractivity contribution is -0.118. The molecule has 6 nitrogen and oxygen atoms in total. The van der Waals surface area contributed by atoms with Crippen molar-refractivity contribution in [1.29, 1.82) is 5.26 Å². The van der Waals surface area contributed by atoms with Gasteiger partial charge in [0, 0.05) is 16.3 Å². The maximum atomic E-state index is 12.4. The molecule has 8 heteroatoms. The average molecular weight is 402 g/mol. The topological polar surface area (TPSA) is 74.6 Å². The quantitative estimate of drug-likeness (QED) is 0.765. The number of carbonyl (C=O) groups excluding carboxylic acids is 1. The van der Waals surface area contributed by atoms with Gasteiger partial charge in [0.1, 0.15) is 29.3 Å². The molecule has 1 amide bonds. The first kappa shape index (κ1) is 19.0. The number of anilines is 1. The molecule has 0 saturated heterocycles. The number of amides is 1. The monoisotopic (exact) mass is 401 g/mol. The largest absolute Gasteiger partial charge is 0.497 e. The molecule has 1 N–H and O–H groups in total. The molecule has 2 aromatic carbocycles. The first-order valence-electron chi connectivity index (χ1n) is 7.91. The van der Waals surface area contributed by atoms with E-state index in [-0.39, 0.29) is 10.6 Å². The van der Waals surface area contributed by atoms with E-state index in [9.17, 15) is 10.1 Å². The van der Waals surface area contributed by atoms with Gasteiger partial charge in [0.25, 0.3) is 5.91 Å². The molecule has 3 rings (SSSR count). The number of hydrogen-bond donors (Lipinski definition) is 2. The molecular weight excluding hydrogens is 386 g/mol. The lowest BCUT2D eigenvalue weighted by Crippen LogP contribution is -2.46. The molecule has 0 aliphatic carbocycles. The second-order valence-corrected chi connectivity index (χ2v) is 6.50. The highest BCUT2D eigenvalue weighted by atomic mass is 35.5. The minimum atomic E-state index is -0.659. The molecule has 0 bridgehead atoms. The van der Waals surface area contributed by atoms with Crippen molar-refractivity contribution < 1.29 is 14.3 Å². The summed E-state index contributed by atoms with van der Waals surface area (Å²) < 4.78 is 10.8. The third-order valence-electron chi connectivity index (χ3n) is 4.15. The maximum Gasteiger partial charge on any atom is 0.266 e. The van der Waals surface area contributed by atoms with E-state index in [1.54, 1.807) is 61.6 Å². The van der Waals surface area contributed by atoms with Gasteiger partial charge in [-0.15, -0.1) is 12.6 Å². The number of nitriles is 1. The Labute approximate surface area is 167 Å². The summed E-state index contributed by atoms with van der Waals surface area (Å²) in [6, 6.07) is 14.2. The fraction of sp³-hybridized carbons (Fsp3) is 0.158. The molecule has 1 aliphatic heterocycles. The van der Waals surface area contributed by atoms with Gasteiger partial charge < -0.3 is 19.7 Å². The van der Waals surface area contributed by atoms with Crippen LogP contribution in [-0.4, -0.2) is 20.1 Å². The van der Waals surface area contributed by atoms with Gasteiger partial charge in [0.05, 0.1) is 19.2 Å². The van der Waals surface area contributed by atoms with Gasteiger partial charge in [-0.2, -0.15) is 5.26 Å². The van der Waals surface area contributed by atoms with E-state index in [0.717, 1.165) is 0 Å². The Morgan fingerprint density at radius 1 is 1.19 bits per heavy atom. The van der Waals surface area contributed by atoms with Crippen LogP contribution in [0.3, 0.4) is 0 Å². The number of methoxy groups -OCH3 is 2. The molecule has 2 aromatic rings. The van der Waals surface area contributed by atoms with Crippen LogP contribution in [0.1, 0.15) is 11.7 Å². The van der Waals surface area contributed by atoms with E-state index in [0.29, 0.717) is 27.8 Å². The van der Waals surface area contributed by atoms with E-state index in [1.807, 2.05) is 6.07 Å². The Morgan fingerprint density at radius 3 is 2.48 bits per heavy atom. The van der Waals surface area contributed by atoms with Crippen molar-refractivity contribution in [3.8, 4) is 17.6 Å². The lowest BCUT2D eigenvalue weighted by Gasteiger charge is -2.38. The van der Waals surface area contributed by atoms with Gasteiger partial charge in [-0.3, -0.25) is 4.79 Å². The van der Waals surface area contributed by atoms with Crippen LogP contribution in [-0.2, 0) is 4.79 Å². The highest BCUT2D eigenvalue weighted by Crippen LogP contribution is 2.40. The van der Waals surface area contributed by atoms with Crippen LogP contribution < -0.4 is 19.7 Å². The van der Waals surface area contributed by atoms with Crippen molar-refractivity contribution >= 4 is 35.8 Å². The summed E-state index contributed by atoms with van der Waals surface area (Å²) in [6.07, 6.45) is -0.659. The minimum absolute atomic E-state index is 0.0774. The van der Waals surface area contributed by atoms with Gasteiger partial charge in [-0.05, 0) is 42.5 Å². The van der Waals surface area contributed by atoms with Crippen LogP contribution in [0.25, 0.3) is 0 Å². The van der Waals surface area contributed by atoms with Crippen LogP contribution in [0.4, 0.5) is 5.69 Å². The van der Waals surface area contributed by atoms with Gasteiger partial charge >= 0.3 is 0 Å². The van der Waals surface area contributed by atoms with Gasteiger partial charge in [-0.25, -0.2) is 0 Å². The molecule has 0 saturated carbocycles. The molecular formula is C19H16ClN3O3S. The number of nitrogens with zero attached hydrogens (tertiary/aromatic N) is 2. The van der Waals surface area contributed by atoms with E-state index >= 15 is 0 Å². The Hall–Kier alpha value is -2.82. The van der Waals surface area contributed by atoms with Crippen LogP contribution in [0, 0.1) is 11.3 Å². The molecule has 0 unspecified atom stereocenters. The molecule has 0 spiro atoms. The molecule has 138 valence electrons. The fourth-order valence-corrected chi connectivity index (χ4v) is 3.36. The number of carbonyl (C=O) groups is 1. The highest BCUT2D eigenvalue weighted by molar-refractivity contribution is 7.84. The number of nitrogens with one attached hydrogen (secondary N) is 1. The van der Waals surface area contributed by atoms with E-state index in [1.165, 1.54) is 0 Å². The predicted octanol–water partition coefficient (Wildman–Crippen LogP) is 3.66. The van der Waals surface area contributed by atoms with E-state index in [4.69, 9.17) is 21.1 Å². The lowest BCUT2D eigenvalue weighted by atomic mass is 10.1. The number of ether oxygens (including phenoxy) is 2. The normalized spacial score (nSPS) is 16.6. The first-order chi connectivity index (χ1) is 13.0. The zero-order valence-corrected chi connectivity index (χ0v) is 16.2. The third-order valence-corrected chi connectivity index (χ3v) is 4.84. The number of rotatable bonds is 4. The first-order valence-corrected chi connectivity index (χ1v) is 8.73. The summed E-state index contributed by atoms with van der Waals surface area (Å²) in [7, 11) is 3.10. The zero-order chi connectivity index (χ0) is 19.6. The standard InChI is InChI=1S/C19H16ClN3O3S/c1-25-13-7-8-16(26-2)14(9-13)17-22-18(24)15(10-21)19(27)23(17)12-5-3-11(20)4-6-12/h3-9,17,27H,1-2H3,(H,22,24)/t17-/m0/s1. The molecule has 1 atom stereocenters. The van der Waals surface area contributed by atoms with Crippen LogP contribution in [0.2, 0.25) is 5.02 Å². The zero-order valence-electron chi connectivity index (χ0n) is 14.6. The Morgan fingerprint density at radius 2 is 1.89 bits per heavy atom. The highest BCUT2D eigenvalue weighted by Gasteiger charge is 2.35. The van der Waals surface area contributed by atoms with Crippen molar-refractivity contribution in [1.82, 2.24) is 5.32 Å². The third kappa shape index (κ3) is 3.54. The van der Waals surface area contributed by atoms with Gasteiger partial charge in [-0.1, -0.05) is 11.6 Å². The second kappa shape index (κ2) is 7.82. The SMILES string of the molecule is COc1ccc(OC)c([C@H]2NC(=O)C(C#N)=C(S)N2c2ccc(Cl)cc2)c1. The van der Waals surface area contributed by atoms with Crippen molar-refractivity contribution in [3.63, 3.8) is 0 Å². The van der Waals surface area contributed by atoms with Gasteiger partial charge in [0.15, 0.2) is 0 Å². The smallest absolute Gasteiger partial charge is 0.266 e. The molecule has 1 aliphatic rings. The predicted molar refractivity (Wildman–Crippen MR) is 106 cm³/mol. The average Bonchev–Trinajstić information content (AvgIpc) is 2.68. The molecule has 0 radical (unpaired) electrons. The van der Waals surface area contributed by atoms with E-state index < -0.39 is 12.1 Å². The van der Waals surface area contributed by atoms with E-state index in [2.05, 4.69) is 17.9 Å². The Bertz CT molecular complexity index is 954. The maximum absolute atomic E-state index is 12.4. The summed E-state index contributed by atoms with van der Waals surface area (Å²) >= 11 is 10.5. The minimum Gasteiger partial charge on any atom is -0.497 e. The van der Waals surface area contributed by atoms with Crippen LogP contribution >= 0.6 is 24.2 Å². The van der Waals surface area contributed by atoms with Crippen molar-refractivity contribution in [3.05, 3.63) is 63.7 Å². The number of halogens is 1. The second-order valence-electron chi connectivity index (χ2n) is 5.64. The van der Waals surface area contributed by atoms with Gasteiger partial charge in [0.2, 0.25) is 0 Å². The summed E-state index contributed by atoms with van der Waals surface area (Å²) in [4.78, 5) is 14.2. The molecule has 0 fully saturated rings. The molecule has 1 heterocycles. The Balaban J connectivity index is 2.21.